The monoisotopic (exact) mass is 191 g/mol. The van der Waals surface area contributed by atoms with E-state index in [2.05, 4.69) is 26.8 Å². The summed E-state index contributed by atoms with van der Waals surface area (Å²) < 4.78 is 1.86. The van der Waals surface area contributed by atoms with Crippen LogP contribution in [0.3, 0.4) is 0 Å². The molecule has 1 heterocycles. The zero-order valence-corrected chi connectivity index (χ0v) is 9.08. The van der Waals surface area contributed by atoms with E-state index in [1.165, 1.54) is 0 Å². The summed E-state index contributed by atoms with van der Waals surface area (Å²) in [5.74, 6) is 0. The molecule has 14 heavy (non-hydrogen) atoms. The van der Waals surface area contributed by atoms with Crippen LogP contribution in [-0.4, -0.2) is 4.57 Å². The molecule has 2 heteroatoms. The average molecular weight is 191 g/mol. The average Bonchev–Trinajstić information content (AvgIpc) is 2.85. The Bertz CT molecular complexity index is 394. The van der Waals surface area contributed by atoms with Crippen molar-refractivity contribution in [3.8, 4) is 0 Å². The van der Waals surface area contributed by atoms with Crippen LogP contribution in [0.15, 0.2) is 23.1 Å². The predicted molar refractivity (Wildman–Crippen MR) is 57.7 cm³/mol. The van der Waals surface area contributed by atoms with Gasteiger partial charge in [0.2, 0.25) is 0 Å². The highest BCUT2D eigenvalue weighted by atomic mass is 16.1. The Labute approximate surface area is 84.6 Å². The van der Waals surface area contributed by atoms with Crippen molar-refractivity contribution in [1.82, 2.24) is 4.57 Å². The number of nitrogens with zero attached hydrogens (tertiary/aromatic N) is 1. The van der Waals surface area contributed by atoms with Crippen molar-refractivity contribution < 1.29 is 0 Å². The summed E-state index contributed by atoms with van der Waals surface area (Å²) in [7, 11) is 0. The van der Waals surface area contributed by atoms with Gasteiger partial charge >= 0.3 is 0 Å². The summed E-state index contributed by atoms with van der Waals surface area (Å²) in [6, 6.07) is 4.33. The van der Waals surface area contributed by atoms with Crippen LogP contribution in [0, 0.1) is 0 Å². The highest BCUT2D eigenvalue weighted by molar-refractivity contribution is 5.20. The Morgan fingerprint density at radius 3 is 2.43 bits per heavy atom. The Balaban J connectivity index is 2.40. The summed E-state index contributed by atoms with van der Waals surface area (Å²) in [5.41, 5.74) is 1.35. The molecular formula is C12H17NO. The molecule has 2 rings (SSSR count). The first-order valence-corrected chi connectivity index (χ1v) is 5.21. The van der Waals surface area contributed by atoms with Crippen LogP contribution in [0.4, 0.5) is 0 Å². The number of aromatic nitrogens is 1. The topological polar surface area (TPSA) is 22.0 Å². The smallest absolute Gasteiger partial charge is 0.251 e. The number of pyridine rings is 1. The number of rotatable bonds is 1. The molecule has 0 bridgehead atoms. The molecule has 0 aliphatic heterocycles. The zero-order valence-electron chi connectivity index (χ0n) is 9.08. The van der Waals surface area contributed by atoms with E-state index < -0.39 is 0 Å². The van der Waals surface area contributed by atoms with Crippen LogP contribution in [-0.2, 0) is 5.41 Å². The van der Waals surface area contributed by atoms with Crippen molar-refractivity contribution >= 4 is 0 Å². The molecule has 2 nitrogen and oxygen atoms in total. The maximum absolute atomic E-state index is 11.7. The fourth-order valence-electron chi connectivity index (χ4n) is 1.61. The molecule has 76 valence electrons. The highest BCUT2D eigenvalue weighted by Gasteiger charge is 2.24. The van der Waals surface area contributed by atoms with Crippen LogP contribution < -0.4 is 5.56 Å². The SMILES string of the molecule is CC(C)(C)c1ccn(C2CC2)c(=O)c1. The van der Waals surface area contributed by atoms with Crippen LogP contribution in [0.2, 0.25) is 0 Å². The van der Waals surface area contributed by atoms with Gasteiger partial charge < -0.3 is 4.57 Å². The number of hydrogen-bond acceptors (Lipinski definition) is 1. The van der Waals surface area contributed by atoms with Crippen molar-refractivity contribution in [2.75, 3.05) is 0 Å². The summed E-state index contributed by atoms with van der Waals surface area (Å²) in [6.07, 6.45) is 4.27. The summed E-state index contributed by atoms with van der Waals surface area (Å²) >= 11 is 0. The Hall–Kier alpha value is -1.05. The maximum Gasteiger partial charge on any atom is 0.251 e. The minimum atomic E-state index is 0.0712. The van der Waals surface area contributed by atoms with Gasteiger partial charge in [0.05, 0.1) is 0 Å². The molecule has 0 N–H and O–H groups in total. The second-order valence-electron chi connectivity index (χ2n) is 5.14. The van der Waals surface area contributed by atoms with E-state index in [1.807, 2.05) is 10.8 Å². The highest BCUT2D eigenvalue weighted by Crippen LogP contribution is 2.33. The molecule has 0 aromatic carbocycles. The first-order chi connectivity index (χ1) is 6.48. The number of hydrogen-bond donors (Lipinski definition) is 0. The summed E-state index contributed by atoms with van der Waals surface area (Å²) in [5, 5.41) is 0. The van der Waals surface area contributed by atoms with Crippen molar-refractivity contribution in [3.05, 3.63) is 34.2 Å². The fraction of sp³-hybridized carbons (Fsp3) is 0.583. The van der Waals surface area contributed by atoms with Crippen LogP contribution in [0.5, 0.6) is 0 Å². The molecule has 1 aliphatic rings. The van der Waals surface area contributed by atoms with Crippen molar-refractivity contribution in [3.63, 3.8) is 0 Å². The molecule has 0 atom stereocenters. The van der Waals surface area contributed by atoms with Gasteiger partial charge in [0.1, 0.15) is 0 Å². The molecule has 1 aliphatic carbocycles. The molecular weight excluding hydrogens is 174 g/mol. The van der Waals surface area contributed by atoms with E-state index in [4.69, 9.17) is 0 Å². The quantitative estimate of drug-likeness (QED) is 0.668. The molecule has 0 amide bonds. The molecule has 1 saturated carbocycles. The van der Waals surface area contributed by atoms with Crippen LogP contribution >= 0.6 is 0 Å². The lowest BCUT2D eigenvalue weighted by Crippen LogP contribution is -2.22. The van der Waals surface area contributed by atoms with Crippen LogP contribution in [0.25, 0.3) is 0 Å². The van der Waals surface area contributed by atoms with E-state index in [9.17, 15) is 4.79 Å². The lowest BCUT2D eigenvalue weighted by atomic mass is 9.88. The van der Waals surface area contributed by atoms with Gasteiger partial charge in [0, 0.05) is 18.3 Å². The first-order valence-electron chi connectivity index (χ1n) is 5.21. The van der Waals surface area contributed by atoms with Crippen molar-refractivity contribution in [2.24, 2.45) is 0 Å². The maximum atomic E-state index is 11.7. The van der Waals surface area contributed by atoms with E-state index in [-0.39, 0.29) is 11.0 Å². The largest absolute Gasteiger partial charge is 0.312 e. The fourth-order valence-corrected chi connectivity index (χ4v) is 1.61. The molecule has 0 saturated heterocycles. The van der Waals surface area contributed by atoms with Gasteiger partial charge in [-0.3, -0.25) is 4.79 Å². The molecule has 0 spiro atoms. The van der Waals surface area contributed by atoms with E-state index >= 15 is 0 Å². The van der Waals surface area contributed by atoms with Gasteiger partial charge in [-0.1, -0.05) is 20.8 Å². The van der Waals surface area contributed by atoms with Gasteiger partial charge in [0.15, 0.2) is 0 Å². The first kappa shape index (κ1) is 9.50. The van der Waals surface area contributed by atoms with Gasteiger partial charge in [-0.2, -0.15) is 0 Å². The second-order valence-corrected chi connectivity index (χ2v) is 5.14. The predicted octanol–water partition coefficient (Wildman–Crippen LogP) is 2.48. The third-order valence-corrected chi connectivity index (χ3v) is 2.75. The second kappa shape index (κ2) is 2.97. The van der Waals surface area contributed by atoms with Gasteiger partial charge in [0.25, 0.3) is 5.56 Å². The Kier molecular flexibility index (Phi) is 2.02. The van der Waals surface area contributed by atoms with Gasteiger partial charge in [-0.15, -0.1) is 0 Å². The molecule has 1 aromatic rings. The van der Waals surface area contributed by atoms with Crippen molar-refractivity contribution in [1.29, 1.82) is 0 Å². The van der Waals surface area contributed by atoms with Gasteiger partial charge in [-0.05, 0) is 29.9 Å². The van der Waals surface area contributed by atoms with E-state index in [0.717, 1.165) is 18.4 Å². The Morgan fingerprint density at radius 2 is 2.00 bits per heavy atom. The lowest BCUT2D eigenvalue weighted by Gasteiger charge is -2.19. The third kappa shape index (κ3) is 1.74. The lowest BCUT2D eigenvalue weighted by molar-refractivity contribution is 0.581. The zero-order chi connectivity index (χ0) is 10.3. The minimum absolute atomic E-state index is 0.0712. The summed E-state index contributed by atoms with van der Waals surface area (Å²) in [4.78, 5) is 11.7. The molecule has 0 unspecified atom stereocenters. The summed E-state index contributed by atoms with van der Waals surface area (Å²) in [6.45, 7) is 6.38. The molecule has 1 fully saturated rings. The van der Waals surface area contributed by atoms with E-state index in [1.54, 1.807) is 6.07 Å². The molecule has 0 radical (unpaired) electrons. The standard InChI is InChI=1S/C12H17NO/c1-12(2,3)9-6-7-13(10-4-5-10)11(14)8-9/h6-8,10H,4-5H2,1-3H3. The third-order valence-electron chi connectivity index (χ3n) is 2.75. The molecule has 1 aromatic heterocycles. The van der Waals surface area contributed by atoms with Gasteiger partial charge in [-0.25, -0.2) is 0 Å². The van der Waals surface area contributed by atoms with E-state index in [0.29, 0.717) is 6.04 Å². The van der Waals surface area contributed by atoms with Crippen molar-refractivity contribution in [2.45, 2.75) is 45.1 Å². The Morgan fingerprint density at radius 1 is 1.36 bits per heavy atom. The van der Waals surface area contributed by atoms with Crippen LogP contribution in [0.1, 0.15) is 45.2 Å². The minimum Gasteiger partial charge on any atom is -0.312 e. The normalized spacial score (nSPS) is 17.1.